The number of rotatable bonds is 5. The van der Waals surface area contributed by atoms with E-state index in [-0.39, 0.29) is 5.82 Å². The molecular formula is C15H20FN3. The molecule has 0 radical (unpaired) electrons. The van der Waals surface area contributed by atoms with Gasteiger partial charge in [-0.05, 0) is 43.1 Å². The van der Waals surface area contributed by atoms with E-state index in [9.17, 15) is 4.39 Å². The Morgan fingerprint density at radius 2 is 2.11 bits per heavy atom. The monoisotopic (exact) mass is 261 g/mol. The fourth-order valence-corrected chi connectivity index (χ4v) is 2.24. The topological polar surface area (TPSA) is 29.9 Å². The predicted octanol–water partition coefficient (Wildman–Crippen LogP) is 3.03. The van der Waals surface area contributed by atoms with E-state index in [0.717, 1.165) is 35.3 Å². The lowest BCUT2D eigenvalue weighted by atomic mass is 10.00. The molecule has 0 saturated heterocycles. The maximum Gasteiger partial charge on any atom is 0.123 e. The maximum absolute atomic E-state index is 13.4. The Kier molecular flexibility index (Phi) is 4.32. The fourth-order valence-electron chi connectivity index (χ4n) is 2.24. The number of aryl methyl sites for hydroxylation is 2. The Morgan fingerprint density at radius 1 is 1.32 bits per heavy atom. The predicted molar refractivity (Wildman–Crippen MR) is 75.3 cm³/mol. The Balaban J connectivity index is 2.36. The van der Waals surface area contributed by atoms with Crippen molar-refractivity contribution < 1.29 is 4.39 Å². The van der Waals surface area contributed by atoms with Crippen LogP contribution in [0.4, 0.5) is 4.39 Å². The van der Waals surface area contributed by atoms with Gasteiger partial charge in [-0.15, -0.1) is 0 Å². The second-order valence-electron chi connectivity index (χ2n) is 4.78. The zero-order valence-corrected chi connectivity index (χ0v) is 11.7. The molecule has 19 heavy (non-hydrogen) atoms. The van der Waals surface area contributed by atoms with Crippen LogP contribution in [-0.4, -0.2) is 16.3 Å². The molecule has 0 saturated carbocycles. The molecular weight excluding hydrogens is 241 g/mol. The highest BCUT2D eigenvalue weighted by molar-refractivity contribution is 5.68. The lowest BCUT2D eigenvalue weighted by Crippen LogP contribution is -2.14. The normalized spacial score (nSPS) is 10.9. The van der Waals surface area contributed by atoms with E-state index in [0.29, 0.717) is 6.54 Å². The molecule has 2 rings (SSSR count). The van der Waals surface area contributed by atoms with E-state index in [1.807, 2.05) is 26.2 Å². The molecule has 2 aromatic rings. The number of aromatic nitrogens is 2. The average molecular weight is 261 g/mol. The van der Waals surface area contributed by atoms with Crippen molar-refractivity contribution in [1.29, 1.82) is 0 Å². The summed E-state index contributed by atoms with van der Waals surface area (Å²) in [4.78, 5) is 0. The van der Waals surface area contributed by atoms with Gasteiger partial charge in [0.05, 0.1) is 5.69 Å². The van der Waals surface area contributed by atoms with Gasteiger partial charge >= 0.3 is 0 Å². The summed E-state index contributed by atoms with van der Waals surface area (Å²) < 4.78 is 15.2. The molecule has 0 aliphatic carbocycles. The Morgan fingerprint density at radius 3 is 2.74 bits per heavy atom. The van der Waals surface area contributed by atoms with Gasteiger partial charge in [-0.3, -0.25) is 4.68 Å². The quantitative estimate of drug-likeness (QED) is 0.838. The van der Waals surface area contributed by atoms with Gasteiger partial charge < -0.3 is 5.32 Å². The zero-order chi connectivity index (χ0) is 13.8. The Hall–Kier alpha value is -1.68. The van der Waals surface area contributed by atoms with Crippen LogP contribution in [-0.2, 0) is 13.6 Å². The Labute approximate surface area is 113 Å². The van der Waals surface area contributed by atoms with Gasteiger partial charge in [-0.2, -0.15) is 5.10 Å². The molecule has 0 aliphatic rings. The first-order valence-electron chi connectivity index (χ1n) is 6.61. The van der Waals surface area contributed by atoms with Gasteiger partial charge in [0.25, 0.3) is 0 Å². The number of nitrogens with one attached hydrogen (secondary N) is 1. The minimum absolute atomic E-state index is 0.196. The first-order chi connectivity index (χ1) is 9.11. The van der Waals surface area contributed by atoms with Crippen molar-refractivity contribution in [3.05, 3.63) is 41.5 Å². The molecule has 0 spiro atoms. The van der Waals surface area contributed by atoms with E-state index in [1.54, 1.807) is 10.7 Å². The van der Waals surface area contributed by atoms with Gasteiger partial charge in [-0.25, -0.2) is 4.39 Å². The minimum atomic E-state index is -0.196. The highest BCUT2D eigenvalue weighted by Gasteiger charge is 2.11. The summed E-state index contributed by atoms with van der Waals surface area (Å²) in [5.74, 6) is -0.196. The summed E-state index contributed by atoms with van der Waals surface area (Å²) in [5.41, 5.74) is 4.06. The van der Waals surface area contributed by atoms with Gasteiger partial charge in [0, 0.05) is 25.4 Å². The van der Waals surface area contributed by atoms with Crippen molar-refractivity contribution in [3.63, 3.8) is 0 Å². The number of halogens is 1. The highest BCUT2D eigenvalue weighted by atomic mass is 19.1. The van der Waals surface area contributed by atoms with Crippen LogP contribution in [0.3, 0.4) is 0 Å². The number of hydrogen-bond donors (Lipinski definition) is 1. The molecule has 4 heteroatoms. The van der Waals surface area contributed by atoms with Crippen LogP contribution in [0.25, 0.3) is 11.1 Å². The third-order valence-corrected chi connectivity index (χ3v) is 3.11. The molecule has 1 N–H and O–H groups in total. The summed E-state index contributed by atoms with van der Waals surface area (Å²) in [6, 6.07) is 4.94. The molecule has 0 unspecified atom stereocenters. The van der Waals surface area contributed by atoms with Crippen molar-refractivity contribution in [1.82, 2.24) is 15.1 Å². The largest absolute Gasteiger partial charge is 0.313 e. The summed E-state index contributed by atoms with van der Waals surface area (Å²) in [5, 5.41) is 7.67. The lowest BCUT2D eigenvalue weighted by Gasteiger charge is -2.10. The van der Waals surface area contributed by atoms with Crippen LogP contribution in [0.1, 0.15) is 24.6 Å². The summed E-state index contributed by atoms with van der Waals surface area (Å²) in [7, 11) is 1.90. The molecule has 1 heterocycles. The standard InChI is InChI=1S/C15H20FN3/c1-4-7-17-9-12-8-13(16)5-6-14(12)15-10-19(3)18-11(15)2/h5-6,8,10,17H,4,7,9H2,1-3H3. The molecule has 1 aromatic carbocycles. The first-order valence-corrected chi connectivity index (χ1v) is 6.61. The van der Waals surface area contributed by atoms with E-state index in [4.69, 9.17) is 0 Å². The first kappa shape index (κ1) is 13.7. The van der Waals surface area contributed by atoms with Crippen LogP contribution in [0.15, 0.2) is 24.4 Å². The molecule has 0 fully saturated rings. The summed E-state index contributed by atoms with van der Waals surface area (Å²) >= 11 is 0. The SMILES string of the molecule is CCCNCc1cc(F)ccc1-c1cn(C)nc1C. The number of nitrogens with zero attached hydrogens (tertiary/aromatic N) is 2. The van der Waals surface area contributed by atoms with Gasteiger partial charge in [0.2, 0.25) is 0 Å². The average Bonchev–Trinajstić information content (AvgIpc) is 2.69. The van der Waals surface area contributed by atoms with E-state index in [2.05, 4.69) is 17.3 Å². The molecule has 0 amide bonds. The summed E-state index contributed by atoms with van der Waals surface area (Å²) in [6.07, 6.45) is 3.04. The van der Waals surface area contributed by atoms with Crippen LogP contribution in [0.2, 0.25) is 0 Å². The van der Waals surface area contributed by atoms with Crippen LogP contribution >= 0.6 is 0 Å². The van der Waals surface area contributed by atoms with Crippen LogP contribution in [0.5, 0.6) is 0 Å². The fraction of sp³-hybridized carbons (Fsp3) is 0.400. The Bertz CT molecular complexity index is 561. The van der Waals surface area contributed by atoms with Crippen LogP contribution < -0.4 is 5.32 Å². The van der Waals surface area contributed by atoms with E-state index >= 15 is 0 Å². The van der Waals surface area contributed by atoms with Crippen molar-refractivity contribution in [2.45, 2.75) is 26.8 Å². The minimum Gasteiger partial charge on any atom is -0.313 e. The third kappa shape index (κ3) is 3.20. The van der Waals surface area contributed by atoms with Crippen molar-refractivity contribution in [2.24, 2.45) is 7.05 Å². The van der Waals surface area contributed by atoms with Crippen molar-refractivity contribution in [2.75, 3.05) is 6.54 Å². The second-order valence-corrected chi connectivity index (χ2v) is 4.78. The van der Waals surface area contributed by atoms with Crippen molar-refractivity contribution >= 4 is 0 Å². The van der Waals surface area contributed by atoms with Gasteiger partial charge in [-0.1, -0.05) is 13.0 Å². The zero-order valence-electron chi connectivity index (χ0n) is 11.7. The lowest BCUT2D eigenvalue weighted by molar-refractivity contribution is 0.619. The molecule has 0 atom stereocenters. The highest BCUT2D eigenvalue weighted by Crippen LogP contribution is 2.26. The third-order valence-electron chi connectivity index (χ3n) is 3.11. The van der Waals surface area contributed by atoms with Crippen LogP contribution in [0, 0.1) is 12.7 Å². The van der Waals surface area contributed by atoms with Gasteiger partial charge in [0.15, 0.2) is 0 Å². The summed E-state index contributed by atoms with van der Waals surface area (Å²) in [6.45, 7) is 5.70. The number of hydrogen-bond acceptors (Lipinski definition) is 2. The number of benzene rings is 1. The molecule has 3 nitrogen and oxygen atoms in total. The van der Waals surface area contributed by atoms with Crippen molar-refractivity contribution in [3.8, 4) is 11.1 Å². The van der Waals surface area contributed by atoms with E-state index in [1.165, 1.54) is 6.07 Å². The molecule has 0 bridgehead atoms. The second kappa shape index (κ2) is 5.97. The van der Waals surface area contributed by atoms with Gasteiger partial charge in [0.1, 0.15) is 5.82 Å². The van der Waals surface area contributed by atoms with E-state index < -0.39 is 0 Å². The molecule has 0 aliphatic heterocycles. The maximum atomic E-state index is 13.4. The molecule has 102 valence electrons. The smallest absolute Gasteiger partial charge is 0.123 e. The molecule has 1 aromatic heterocycles.